The van der Waals surface area contributed by atoms with E-state index in [4.69, 9.17) is 5.11 Å². The van der Waals surface area contributed by atoms with E-state index in [0.29, 0.717) is 5.82 Å². The first-order chi connectivity index (χ1) is 6.24. The summed E-state index contributed by atoms with van der Waals surface area (Å²) < 4.78 is 0. The number of aromatic nitrogens is 3. The molecule has 0 bridgehead atoms. The highest BCUT2D eigenvalue weighted by Crippen LogP contribution is 2.01. The fourth-order valence-electron chi connectivity index (χ4n) is 1.05. The van der Waals surface area contributed by atoms with E-state index >= 15 is 0 Å². The van der Waals surface area contributed by atoms with Gasteiger partial charge in [-0.2, -0.15) is 0 Å². The van der Waals surface area contributed by atoms with Crippen LogP contribution >= 0.6 is 0 Å². The third-order valence-corrected chi connectivity index (χ3v) is 1.74. The number of aromatic carboxylic acids is 1. The molecule has 0 aliphatic rings. The van der Waals surface area contributed by atoms with Crippen molar-refractivity contribution in [1.82, 2.24) is 15.2 Å². The van der Waals surface area contributed by atoms with Crippen LogP contribution in [0.2, 0.25) is 0 Å². The SMILES string of the molecule is CCCCCc1nc(C(=O)O)n[nH]1. The molecule has 1 aromatic rings. The van der Waals surface area contributed by atoms with Crippen LogP contribution in [-0.2, 0) is 6.42 Å². The summed E-state index contributed by atoms with van der Waals surface area (Å²) in [6, 6.07) is 0. The van der Waals surface area contributed by atoms with Gasteiger partial charge in [0.15, 0.2) is 0 Å². The number of nitrogens with zero attached hydrogens (tertiary/aromatic N) is 2. The number of aryl methyl sites for hydroxylation is 1. The molecule has 0 aromatic carbocycles. The number of hydrogen-bond acceptors (Lipinski definition) is 3. The van der Waals surface area contributed by atoms with Gasteiger partial charge in [0.2, 0.25) is 0 Å². The molecule has 0 atom stereocenters. The van der Waals surface area contributed by atoms with Crippen molar-refractivity contribution in [3.8, 4) is 0 Å². The maximum absolute atomic E-state index is 10.4. The summed E-state index contributed by atoms with van der Waals surface area (Å²) >= 11 is 0. The van der Waals surface area contributed by atoms with Crippen LogP contribution in [0.25, 0.3) is 0 Å². The number of carbonyl (C=O) groups is 1. The molecule has 0 aliphatic heterocycles. The van der Waals surface area contributed by atoms with Gasteiger partial charge in [0.25, 0.3) is 5.82 Å². The predicted molar refractivity (Wildman–Crippen MR) is 46.6 cm³/mol. The molecule has 0 amide bonds. The van der Waals surface area contributed by atoms with Crippen LogP contribution in [0.3, 0.4) is 0 Å². The zero-order chi connectivity index (χ0) is 9.68. The number of nitrogens with one attached hydrogen (secondary N) is 1. The van der Waals surface area contributed by atoms with E-state index in [-0.39, 0.29) is 5.82 Å². The average Bonchev–Trinajstić information content (AvgIpc) is 2.53. The summed E-state index contributed by atoms with van der Waals surface area (Å²) in [4.78, 5) is 14.2. The minimum Gasteiger partial charge on any atom is -0.475 e. The number of hydrogen-bond donors (Lipinski definition) is 2. The minimum atomic E-state index is -1.09. The fraction of sp³-hybridized carbons (Fsp3) is 0.625. The highest BCUT2D eigenvalue weighted by Gasteiger charge is 2.09. The monoisotopic (exact) mass is 183 g/mol. The largest absolute Gasteiger partial charge is 0.475 e. The van der Waals surface area contributed by atoms with E-state index in [1.54, 1.807) is 0 Å². The summed E-state index contributed by atoms with van der Waals surface area (Å²) in [6.45, 7) is 2.11. The standard InChI is InChI=1S/C8H13N3O2/c1-2-3-4-5-6-9-7(8(12)13)11-10-6/h2-5H2,1H3,(H,12,13)(H,9,10,11). The number of carboxylic acids is 1. The molecule has 1 heterocycles. The Morgan fingerprint density at radius 2 is 2.31 bits per heavy atom. The first-order valence-corrected chi connectivity index (χ1v) is 4.38. The van der Waals surface area contributed by atoms with Gasteiger partial charge in [0, 0.05) is 6.42 Å². The Labute approximate surface area is 76.2 Å². The van der Waals surface area contributed by atoms with E-state index in [1.807, 2.05) is 0 Å². The van der Waals surface area contributed by atoms with Crippen LogP contribution in [-0.4, -0.2) is 26.3 Å². The Bertz CT molecular complexity index is 283. The van der Waals surface area contributed by atoms with E-state index in [0.717, 1.165) is 25.7 Å². The second kappa shape index (κ2) is 4.59. The molecule has 0 saturated carbocycles. The molecule has 0 saturated heterocycles. The highest BCUT2D eigenvalue weighted by atomic mass is 16.4. The molecule has 72 valence electrons. The predicted octanol–water partition coefficient (Wildman–Crippen LogP) is 1.24. The van der Waals surface area contributed by atoms with Gasteiger partial charge < -0.3 is 5.11 Å². The van der Waals surface area contributed by atoms with E-state index in [2.05, 4.69) is 22.1 Å². The molecule has 5 nitrogen and oxygen atoms in total. The van der Waals surface area contributed by atoms with Crippen LogP contribution in [0.4, 0.5) is 0 Å². The maximum atomic E-state index is 10.4. The van der Waals surface area contributed by atoms with Crippen molar-refractivity contribution in [3.63, 3.8) is 0 Å². The zero-order valence-electron chi connectivity index (χ0n) is 7.58. The van der Waals surface area contributed by atoms with Gasteiger partial charge in [-0.25, -0.2) is 9.78 Å². The van der Waals surface area contributed by atoms with E-state index < -0.39 is 5.97 Å². The lowest BCUT2D eigenvalue weighted by atomic mass is 10.2. The van der Waals surface area contributed by atoms with Crippen molar-refractivity contribution in [2.24, 2.45) is 0 Å². The average molecular weight is 183 g/mol. The van der Waals surface area contributed by atoms with Crippen molar-refractivity contribution in [2.45, 2.75) is 32.6 Å². The first-order valence-electron chi connectivity index (χ1n) is 4.38. The third kappa shape index (κ3) is 2.85. The molecule has 0 fully saturated rings. The molecule has 0 aliphatic carbocycles. The van der Waals surface area contributed by atoms with Crippen LogP contribution in [0.1, 0.15) is 42.6 Å². The van der Waals surface area contributed by atoms with Crippen molar-refractivity contribution in [2.75, 3.05) is 0 Å². The summed E-state index contributed by atoms with van der Waals surface area (Å²) in [5.41, 5.74) is 0. The Morgan fingerprint density at radius 3 is 2.85 bits per heavy atom. The van der Waals surface area contributed by atoms with E-state index in [9.17, 15) is 4.79 Å². The minimum absolute atomic E-state index is 0.147. The molecule has 13 heavy (non-hydrogen) atoms. The van der Waals surface area contributed by atoms with Gasteiger partial charge in [-0.05, 0) is 6.42 Å². The van der Waals surface area contributed by atoms with Crippen LogP contribution in [0, 0.1) is 0 Å². The quantitative estimate of drug-likeness (QED) is 0.673. The Balaban J connectivity index is 2.44. The molecule has 0 unspecified atom stereocenters. The van der Waals surface area contributed by atoms with Gasteiger partial charge >= 0.3 is 5.97 Å². The smallest absolute Gasteiger partial charge is 0.375 e. The Morgan fingerprint density at radius 1 is 1.54 bits per heavy atom. The van der Waals surface area contributed by atoms with Crippen molar-refractivity contribution in [1.29, 1.82) is 0 Å². The normalized spacial score (nSPS) is 10.2. The molecular formula is C8H13N3O2. The van der Waals surface area contributed by atoms with Gasteiger partial charge in [0.05, 0.1) is 0 Å². The lowest BCUT2D eigenvalue weighted by Crippen LogP contribution is -1.98. The number of H-pyrrole nitrogens is 1. The van der Waals surface area contributed by atoms with Crippen LogP contribution in [0.5, 0.6) is 0 Å². The lowest BCUT2D eigenvalue weighted by Gasteiger charge is -1.92. The highest BCUT2D eigenvalue weighted by molar-refractivity contribution is 5.82. The van der Waals surface area contributed by atoms with Gasteiger partial charge in [-0.3, -0.25) is 5.10 Å². The third-order valence-electron chi connectivity index (χ3n) is 1.74. The Kier molecular flexibility index (Phi) is 3.42. The molecule has 1 rings (SSSR count). The van der Waals surface area contributed by atoms with E-state index in [1.165, 1.54) is 0 Å². The summed E-state index contributed by atoms with van der Waals surface area (Å²) in [6.07, 6.45) is 4.06. The van der Waals surface area contributed by atoms with Crippen molar-refractivity contribution < 1.29 is 9.90 Å². The summed E-state index contributed by atoms with van der Waals surface area (Å²) in [7, 11) is 0. The van der Waals surface area contributed by atoms with Gasteiger partial charge in [0.1, 0.15) is 5.82 Å². The second-order valence-corrected chi connectivity index (χ2v) is 2.87. The molecular weight excluding hydrogens is 170 g/mol. The fourth-order valence-corrected chi connectivity index (χ4v) is 1.05. The number of carboxylic acid groups (broad SMARTS) is 1. The number of unbranched alkanes of at least 4 members (excludes halogenated alkanes) is 2. The molecule has 2 N–H and O–H groups in total. The van der Waals surface area contributed by atoms with Crippen molar-refractivity contribution in [3.05, 3.63) is 11.6 Å². The topological polar surface area (TPSA) is 78.9 Å². The second-order valence-electron chi connectivity index (χ2n) is 2.87. The first kappa shape index (κ1) is 9.70. The van der Waals surface area contributed by atoms with Crippen LogP contribution < -0.4 is 0 Å². The lowest BCUT2D eigenvalue weighted by molar-refractivity contribution is 0.0684. The Hall–Kier alpha value is -1.39. The zero-order valence-corrected chi connectivity index (χ0v) is 7.58. The molecule has 0 spiro atoms. The maximum Gasteiger partial charge on any atom is 0.375 e. The van der Waals surface area contributed by atoms with Crippen LogP contribution in [0.15, 0.2) is 0 Å². The molecule has 0 radical (unpaired) electrons. The molecule has 5 heteroatoms. The van der Waals surface area contributed by atoms with Gasteiger partial charge in [-0.15, -0.1) is 5.10 Å². The summed E-state index contributed by atoms with van der Waals surface area (Å²) in [5, 5.41) is 14.7. The van der Waals surface area contributed by atoms with Crippen molar-refractivity contribution >= 4 is 5.97 Å². The number of rotatable bonds is 5. The number of aromatic amines is 1. The molecule has 1 aromatic heterocycles. The summed E-state index contributed by atoms with van der Waals surface area (Å²) in [5.74, 6) is -0.574. The van der Waals surface area contributed by atoms with Gasteiger partial charge in [-0.1, -0.05) is 19.8 Å².